The van der Waals surface area contributed by atoms with Crippen molar-refractivity contribution in [3.8, 4) is 5.75 Å². The highest BCUT2D eigenvalue weighted by Gasteiger charge is 2.24. The van der Waals surface area contributed by atoms with Crippen LogP contribution in [0.15, 0.2) is 48.5 Å². The zero-order valence-electron chi connectivity index (χ0n) is 15.4. The van der Waals surface area contributed by atoms with Gasteiger partial charge in [-0.3, -0.25) is 0 Å². The molecule has 0 spiro atoms. The lowest BCUT2D eigenvalue weighted by atomic mass is 9.96. The molecule has 1 saturated heterocycles. The van der Waals surface area contributed by atoms with Crippen molar-refractivity contribution < 1.29 is 4.74 Å². The Labute approximate surface area is 151 Å². The number of rotatable bonds is 6. The first-order valence-electron chi connectivity index (χ1n) is 9.49. The van der Waals surface area contributed by atoms with Crippen LogP contribution in [0.25, 0.3) is 0 Å². The van der Waals surface area contributed by atoms with Gasteiger partial charge in [0, 0.05) is 24.2 Å². The molecule has 1 heterocycles. The molecule has 1 fully saturated rings. The molecule has 2 N–H and O–H groups in total. The van der Waals surface area contributed by atoms with Gasteiger partial charge < -0.3 is 15.4 Å². The van der Waals surface area contributed by atoms with Crippen LogP contribution >= 0.6 is 0 Å². The minimum atomic E-state index is 0.365. The van der Waals surface area contributed by atoms with E-state index in [1.807, 2.05) is 0 Å². The Morgan fingerprint density at radius 3 is 2.72 bits per heavy atom. The predicted octanol–water partition coefficient (Wildman–Crippen LogP) is 4.23. The average Bonchev–Trinajstić information content (AvgIpc) is 2.92. The summed E-state index contributed by atoms with van der Waals surface area (Å²) < 4.78 is 5.57. The van der Waals surface area contributed by atoms with Crippen molar-refractivity contribution in [2.75, 3.05) is 13.7 Å². The number of methoxy groups -OCH3 is 1. The maximum Gasteiger partial charge on any atom is 0.123 e. The van der Waals surface area contributed by atoms with Gasteiger partial charge in [0.25, 0.3) is 0 Å². The fourth-order valence-corrected chi connectivity index (χ4v) is 3.72. The molecule has 25 heavy (non-hydrogen) atoms. The summed E-state index contributed by atoms with van der Waals surface area (Å²) in [4.78, 5) is 0. The van der Waals surface area contributed by atoms with Gasteiger partial charge in [-0.2, -0.15) is 0 Å². The molecule has 0 radical (unpaired) electrons. The van der Waals surface area contributed by atoms with Gasteiger partial charge in [0.1, 0.15) is 5.75 Å². The van der Waals surface area contributed by atoms with E-state index in [1.165, 1.54) is 36.0 Å². The van der Waals surface area contributed by atoms with Crippen molar-refractivity contribution in [2.45, 2.75) is 51.2 Å². The number of hydrogen-bond acceptors (Lipinski definition) is 3. The lowest BCUT2D eigenvalue weighted by Gasteiger charge is -2.28. The lowest BCUT2D eigenvalue weighted by Crippen LogP contribution is -2.40. The van der Waals surface area contributed by atoms with Gasteiger partial charge in [0.05, 0.1) is 7.11 Å². The van der Waals surface area contributed by atoms with Crippen LogP contribution < -0.4 is 15.4 Å². The largest absolute Gasteiger partial charge is 0.496 e. The number of aryl methyl sites for hydroxylation is 1. The van der Waals surface area contributed by atoms with Crippen LogP contribution in [0.2, 0.25) is 0 Å². The van der Waals surface area contributed by atoms with Crippen molar-refractivity contribution in [3.63, 3.8) is 0 Å². The third-order valence-corrected chi connectivity index (χ3v) is 5.17. The van der Waals surface area contributed by atoms with E-state index < -0.39 is 0 Å². The fraction of sp³-hybridized carbons (Fsp3) is 0.455. The van der Waals surface area contributed by atoms with Crippen LogP contribution in [-0.4, -0.2) is 19.7 Å². The molecule has 2 unspecified atom stereocenters. The summed E-state index contributed by atoms with van der Waals surface area (Å²) in [5.41, 5.74) is 3.98. The fourth-order valence-electron chi connectivity index (χ4n) is 3.72. The van der Waals surface area contributed by atoms with E-state index in [0.29, 0.717) is 12.1 Å². The number of nitrogens with one attached hydrogen (secondary N) is 2. The Balaban J connectivity index is 1.75. The molecule has 2 aromatic rings. The second-order valence-electron chi connectivity index (χ2n) is 6.83. The van der Waals surface area contributed by atoms with Crippen LogP contribution in [0.5, 0.6) is 5.75 Å². The van der Waals surface area contributed by atoms with E-state index in [-0.39, 0.29) is 0 Å². The highest BCUT2D eigenvalue weighted by molar-refractivity contribution is 5.37. The number of hydrogen-bond donors (Lipinski definition) is 2. The standard InChI is InChI=1S/C22H30N2O/c1-3-17-12-13-21(25-2)19(15-17)16-24-20-11-7-8-14-23-22(20)18-9-5-4-6-10-18/h4-6,9-10,12-13,15,20,22-24H,3,7-8,11,14,16H2,1-2H3. The van der Waals surface area contributed by atoms with E-state index in [9.17, 15) is 0 Å². The second kappa shape index (κ2) is 9.02. The molecule has 0 bridgehead atoms. The Kier molecular flexibility index (Phi) is 6.48. The molecule has 0 aliphatic carbocycles. The van der Waals surface area contributed by atoms with Crippen LogP contribution in [0, 0.1) is 0 Å². The molecular weight excluding hydrogens is 308 g/mol. The number of benzene rings is 2. The monoisotopic (exact) mass is 338 g/mol. The molecule has 0 amide bonds. The summed E-state index contributed by atoms with van der Waals surface area (Å²) in [5, 5.41) is 7.55. The normalized spacial score (nSPS) is 20.9. The molecule has 0 aromatic heterocycles. The zero-order chi connectivity index (χ0) is 17.5. The maximum absolute atomic E-state index is 5.57. The summed E-state index contributed by atoms with van der Waals surface area (Å²) in [6.07, 6.45) is 4.76. The van der Waals surface area contributed by atoms with Crippen LogP contribution in [-0.2, 0) is 13.0 Å². The number of ether oxygens (including phenoxy) is 1. The molecular formula is C22H30N2O. The third-order valence-electron chi connectivity index (χ3n) is 5.17. The molecule has 1 aliphatic heterocycles. The predicted molar refractivity (Wildman–Crippen MR) is 104 cm³/mol. The molecule has 0 saturated carbocycles. The molecule has 134 valence electrons. The van der Waals surface area contributed by atoms with Gasteiger partial charge in [-0.05, 0) is 43.0 Å². The lowest BCUT2D eigenvalue weighted by molar-refractivity contribution is 0.373. The summed E-state index contributed by atoms with van der Waals surface area (Å²) in [7, 11) is 1.75. The summed E-state index contributed by atoms with van der Waals surface area (Å²) in [6.45, 7) is 4.12. The molecule has 2 atom stereocenters. The SMILES string of the molecule is CCc1ccc(OC)c(CNC2CCCCNC2c2ccccc2)c1. The van der Waals surface area contributed by atoms with Gasteiger partial charge in [0.15, 0.2) is 0 Å². The van der Waals surface area contributed by atoms with E-state index >= 15 is 0 Å². The van der Waals surface area contributed by atoms with E-state index in [4.69, 9.17) is 4.74 Å². The topological polar surface area (TPSA) is 33.3 Å². The van der Waals surface area contributed by atoms with E-state index in [1.54, 1.807) is 7.11 Å². The van der Waals surface area contributed by atoms with Gasteiger partial charge in [-0.1, -0.05) is 55.8 Å². The smallest absolute Gasteiger partial charge is 0.123 e. The van der Waals surface area contributed by atoms with Crippen molar-refractivity contribution in [1.82, 2.24) is 10.6 Å². The molecule has 3 heteroatoms. The van der Waals surface area contributed by atoms with E-state index in [0.717, 1.165) is 25.3 Å². The first-order chi connectivity index (χ1) is 12.3. The minimum absolute atomic E-state index is 0.365. The van der Waals surface area contributed by atoms with Crippen molar-refractivity contribution in [2.24, 2.45) is 0 Å². The Hall–Kier alpha value is -1.84. The van der Waals surface area contributed by atoms with Crippen molar-refractivity contribution >= 4 is 0 Å². The van der Waals surface area contributed by atoms with Crippen LogP contribution in [0.4, 0.5) is 0 Å². The van der Waals surface area contributed by atoms with E-state index in [2.05, 4.69) is 66.1 Å². The first-order valence-corrected chi connectivity index (χ1v) is 9.49. The zero-order valence-corrected chi connectivity index (χ0v) is 15.4. The van der Waals surface area contributed by atoms with Crippen molar-refractivity contribution in [3.05, 3.63) is 65.2 Å². The highest BCUT2D eigenvalue weighted by Crippen LogP contribution is 2.25. The Bertz CT molecular complexity index is 656. The quantitative estimate of drug-likeness (QED) is 0.827. The van der Waals surface area contributed by atoms with Gasteiger partial charge >= 0.3 is 0 Å². The van der Waals surface area contributed by atoms with Crippen LogP contribution in [0.1, 0.15) is 48.9 Å². The maximum atomic E-state index is 5.57. The Morgan fingerprint density at radius 2 is 1.96 bits per heavy atom. The van der Waals surface area contributed by atoms with Gasteiger partial charge in [-0.25, -0.2) is 0 Å². The average molecular weight is 338 g/mol. The first kappa shape index (κ1) is 18.0. The highest BCUT2D eigenvalue weighted by atomic mass is 16.5. The summed E-state index contributed by atoms with van der Waals surface area (Å²) in [6, 6.07) is 18.1. The molecule has 3 rings (SSSR count). The molecule has 3 nitrogen and oxygen atoms in total. The summed E-state index contributed by atoms with van der Waals surface area (Å²) >= 11 is 0. The summed E-state index contributed by atoms with van der Waals surface area (Å²) in [5.74, 6) is 0.975. The Morgan fingerprint density at radius 1 is 1.12 bits per heavy atom. The van der Waals surface area contributed by atoms with Crippen molar-refractivity contribution in [1.29, 1.82) is 0 Å². The third kappa shape index (κ3) is 4.62. The molecule has 2 aromatic carbocycles. The van der Waals surface area contributed by atoms with Gasteiger partial charge in [-0.15, -0.1) is 0 Å². The van der Waals surface area contributed by atoms with Gasteiger partial charge in [0.2, 0.25) is 0 Å². The second-order valence-corrected chi connectivity index (χ2v) is 6.83. The molecule has 1 aliphatic rings. The van der Waals surface area contributed by atoms with Crippen LogP contribution in [0.3, 0.4) is 0 Å². The minimum Gasteiger partial charge on any atom is -0.496 e.